The van der Waals surface area contributed by atoms with Crippen LogP contribution >= 0.6 is 0 Å². The van der Waals surface area contributed by atoms with E-state index in [0.29, 0.717) is 49.4 Å². The van der Waals surface area contributed by atoms with Crippen LogP contribution < -0.4 is 15.0 Å². The Morgan fingerprint density at radius 1 is 0.784 bits per heavy atom. The summed E-state index contributed by atoms with van der Waals surface area (Å²) in [6.45, 7) is 5.68. The lowest BCUT2D eigenvalue weighted by molar-refractivity contribution is 0.382. The summed E-state index contributed by atoms with van der Waals surface area (Å²) < 4.78 is 33.8. The molecule has 1 aliphatic rings. The van der Waals surface area contributed by atoms with Crippen molar-refractivity contribution in [1.82, 2.24) is 14.3 Å². The number of piperazine rings is 1. The fourth-order valence-corrected chi connectivity index (χ4v) is 5.55. The standard InChI is InChI=1S/C28H29N5O3S/c1-21-8-10-23(11-9-21)30-27-20-22(2)29-28(31-27)32-16-18-33(19-17-32)37(34,35)26-14-12-25(13-15-26)36-24-6-4-3-5-7-24/h3-15,20H,16-19H2,1-2H3,(H,29,30,31). The van der Waals surface area contributed by atoms with Gasteiger partial charge in [-0.25, -0.2) is 13.4 Å². The monoisotopic (exact) mass is 515 g/mol. The number of nitrogens with one attached hydrogen (secondary N) is 1. The van der Waals surface area contributed by atoms with Gasteiger partial charge in [0.1, 0.15) is 17.3 Å². The third-order valence-corrected chi connectivity index (χ3v) is 8.04. The van der Waals surface area contributed by atoms with E-state index in [1.165, 1.54) is 9.87 Å². The van der Waals surface area contributed by atoms with E-state index in [2.05, 4.69) is 15.3 Å². The summed E-state index contributed by atoms with van der Waals surface area (Å²) in [5.41, 5.74) is 2.98. The molecule has 1 fully saturated rings. The summed E-state index contributed by atoms with van der Waals surface area (Å²) >= 11 is 0. The van der Waals surface area contributed by atoms with Crippen LogP contribution in [-0.2, 0) is 10.0 Å². The molecule has 1 saturated heterocycles. The molecule has 8 nitrogen and oxygen atoms in total. The van der Waals surface area contributed by atoms with Gasteiger partial charge < -0.3 is 15.0 Å². The average Bonchev–Trinajstić information content (AvgIpc) is 2.91. The molecule has 0 unspecified atom stereocenters. The van der Waals surface area contributed by atoms with E-state index in [0.717, 1.165) is 11.4 Å². The van der Waals surface area contributed by atoms with Gasteiger partial charge in [-0.3, -0.25) is 0 Å². The summed E-state index contributed by atoms with van der Waals surface area (Å²) in [6, 6.07) is 25.9. The maximum Gasteiger partial charge on any atom is 0.243 e. The van der Waals surface area contributed by atoms with E-state index in [9.17, 15) is 8.42 Å². The number of rotatable bonds is 7. The minimum atomic E-state index is -3.62. The molecule has 5 rings (SSSR count). The van der Waals surface area contributed by atoms with E-state index in [4.69, 9.17) is 4.74 Å². The molecule has 190 valence electrons. The second-order valence-corrected chi connectivity index (χ2v) is 10.9. The molecule has 0 bridgehead atoms. The Hall–Kier alpha value is -3.95. The van der Waals surface area contributed by atoms with Crippen molar-refractivity contribution in [3.05, 3.63) is 96.2 Å². The highest BCUT2D eigenvalue weighted by atomic mass is 32.2. The number of aromatic nitrogens is 2. The lowest BCUT2D eigenvalue weighted by atomic mass is 10.2. The van der Waals surface area contributed by atoms with Crippen LogP contribution in [0.15, 0.2) is 89.8 Å². The summed E-state index contributed by atoms with van der Waals surface area (Å²) in [5, 5.41) is 3.33. The fourth-order valence-electron chi connectivity index (χ4n) is 4.12. The van der Waals surface area contributed by atoms with Crippen molar-refractivity contribution in [2.75, 3.05) is 36.4 Å². The molecule has 2 heterocycles. The first kappa shape index (κ1) is 24.7. The smallest absolute Gasteiger partial charge is 0.243 e. The summed E-state index contributed by atoms with van der Waals surface area (Å²) in [6.07, 6.45) is 0. The van der Waals surface area contributed by atoms with Crippen molar-refractivity contribution in [1.29, 1.82) is 0 Å². The van der Waals surface area contributed by atoms with Gasteiger partial charge in [0, 0.05) is 43.6 Å². The SMILES string of the molecule is Cc1ccc(Nc2cc(C)nc(N3CCN(S(=O)(=O)c4ccc(Oc5ccccc5)cc4)CC3)n2)cc1. The largest absolute Gasteiger partial charge is 0.457 e. The molecule has 0 saturated carbocycles. The number of anilines is 3. The number of aryl methyl sites for hydroxylation is 2. The van der Waals surface area contributed by atoms with Gasteiger partial charge in [0.25, 0.3) is 0 Å². The van der Waals surface area contributed by atoms with Crippen molar-refractivity contribution in [2.45, 2.75) is 18.7 Å². The van der Waals surface area contributed by atoms with E-state index in [-0.39, 0.29) is 4.90 Å². The van der Waals surface area contributed by atoms with Gasteiger partial charge in [-0.1, -0.05) is 35.9 Å². The fraction of sp³-hybridized carbons (Fsp3) is 0.214. The highest BCUT2D eigenvalue weighted by Gasteiger charge is 2.29. The topological polar surface area (TPSA) is 87.7 Å². The van der Waals surface area contributed by atoms with Gasteiger partial charge in [0.05, 0.1) is 4.90 Å². The Balaban J connectivity index is 1.23. The van der Waals surface area contributed by atoms with E-state index in [1.54, 1.807) is 24.3 Å². The van der Waals surface area contributed by atoms with Crippen molar-refractivity contribution in [3.8, 4) is 11.5 Å². The molecule has 1 aliphatic heterocycles. The summed E-state index contributed by atoms with van der Waals surface area (Å²) in [4.78, 5) is 11.6. The van der Waals surface area contributed by atoms with Crippen molar-refractivity contribution < 1.29 is 13.2 Å². The van der Waals surface area contributed by atoms with Crippen LogP contribution in [0.25, 0.3) is 0 Å². The minimum absolute atomic E-state index is 0.248. The number of benzene rings is 3. The number of ether oxygens (including phenoxy) is 1. The first-order chi connectivity index (χ1) is 17.9. The lowest BCUT2D eigenvalue weighted by Gasteiger charge is -2.34. The van der Waals surface area contributed by atoms with Crippen molar-refractivity contribution in [2.24, 2.45) is 0 Å². The number of para-hydroxylation sites is 1. The molecule has 0 aliphatic carbocycles. The van der Waals surface area contributed by atoms with Crippen LogP contribution in [0.1, 0.15) is 11.3 Å². The molecule has 0 radical (unpaired) electrons. The van der Waals surface area contributed by atoms with Gasteiger partial charge in [-0.15, -0.1) is 0 Å². The quantitative estimate of drug-likeness (QED) is 0.365. The third kappa shape index (κ3) is 5.90. The molecule has 0 atom stereocenters. The molecular weight excluding hydrogens is 486 g/mol. The van der Waals surface area contributed by atoms with Crippen LogP contribution in [0.5, 0.6) is 11.5 Å². The number of sulfonamides is 1. The Labute approximate surface area is 217 Å². The number of hydrogen-bond donors (Lipinski definition) is 1. The Bertz CT molecular complexity index is 1450. The zero-order valence-corrected chi connectivity index (χ0v) is 21.6. The molecule has 4 aromatic rings. The molecule has 0 amide bonds. The predicted octanol–water partition coefficient (Wildman–Crippen LogP) is 5.14. The third-order valence-electron chi connectivity index (χ3n) is 6.13. The first-order valence-electron chi connectivity index (χ1n) is 12.1. The molecule has 3 aromatic carbocycles. The van der Waals surface area contributed by atoms with Crippen LogP contribution in [0, 0.1) is 13.8 Å². The van der Waals surface area contributed by atoms with Crippen LogP contribution in [0.3, 0.4) is 0 Å². The highest BCUT2D eigenvalue weighted by Crippen LogP contribution is 2.26. The second kappa shape index (κ2) is 10.6. The Kier molecular flexibility index (Phi) is 7.07. The van der Waals surface area contributed by atoms with Gasteiger partial charge >= 0.3 is 0 Å². The Morgan fingerprint density at radius 2 is 1.43 bits per heavy atom. The maximum atomic E-state index is 13.3. The summed E-state index contributed by atoms with van der Waals surface area (Å²) in [7, 11) is -3.62. The molecule has 37 heavy (non-hydrogen) atoms. The van der Waals surface area contributed by atoms with Crippen molar-refractivity contribution >= 4 is 27.5 Å². The number of hydrogen-bond acceptors (Lipinski definition) is 7. The zero-order chi connectivity index (χ0) is 25.8. The van der Waals surface area contributed by atoms with Crippen LogP contribution in [0.2, 0.25) is 0 Å². The normalized spacial score (nSPS) is 14.4. The Morgan fingerprint density at radius 3 is 2.11 bits per heavy atom. The highest BCUT2D eigenvalue weighted by molar-refractivity contribution is 7.89. The maximum absolute atomic E-state index is 13.3. The molecule has 1 aromatic heterocycles. The average molecular weight is 516 g/mol. The minimum Gasteiger partial charge on any atom is -0.457 e. The first-order valence-corrected chi connectivity index (χ1v) is 13.6. The van der Waals surface area contributed by atoms with Gasteiger partial charge in [-0.05, 0) is 62.4 Å². The van der Waals surface area contributed by atoms with E-state index in [1.807, 2.05) is 79.4 Å². The summed E-state index contributed by atoms with van der Waals surface area (Å²) in [5.74, 6) is 2.58. The molecule has 9 heteroatoms. The van der Waals surface area contributed by atoms with E-state index < -0.39 is 10.0 Å². The van der Waals surface area contributed by atoms with Crippen LogP contribution in [-0.4, -0.2) is 48.9 Å². The van der Waals surface area contributed by atoms with Crippen LogP contribution in [0.4, 0.5) is 17.5 Å². The van der Waals surface area contributed by atoms with Gasteiger partial charge in [-0.2, -0.15) is 9.29 Å². The molecular formula is C28H29N5O3S. The predicted molar refractivity (Wildman–Crippen MR) is 145 cm³/mol. The molecule has 1 N–H and O–H groups in total. The molecule has 0 spiro atoms. The van der Waals surface area contributed by atoms with Gasteiger partial charge in [0.2, 0.25) is 16.0 Å². The van der Waals surface area contributed by atoms with E-state index >= 15 is 0 Å². The number of nitrogens with zero attached hydrogens (tertiary/aromatic N) is 4. The second-order valence-electron chi connectivity index (χ2n) is 8.96. The lowest BCUT2D eigenvalue weighted by Crippen LogP contribution is -2.49. The van der Waals surface area contributed by atoms with Crippen molar-refractivity contribution in [3.63, 3.8) is 0 Å². The van der Waals surface area contributed by atoms with Gasteiger partial charge in [0.15, 0.2) is 0 Å². The zero-order valence-electron chi connectivity index (χ0n) is 20.8.